The van der Waals surface area contributed by atoms with Gasteiger partial charge in [0.1, 0.15) is 5.69 Å². The first-order valence-corrected chi connectivity index (χ1v) is 9.59. The Morgan fingerprint density at radius 2 is 1.93 bits per heavy atom. The molecule has 1 saturated heterocycles. The molecule has 1 aliphatic heterocycles. The summed E-state index contributed by atoms with van der Waals surface area (Å²) in [6, 6.07) is 3.74. The van der Waals surface area contributed by atoms with Gasteiger partial charge in [0.15, 0.2) is 0 Å². The zero-order valence-corrected chi connectivity index (χ0v) is 16.2. The molecule has 7 heteroatoms. The summed E-state index contributed by atoms with van der Waals surface area (Å²) in [5.41, 5.74) is 4.38. The quantitative estimate of drug-likeness (QED) is 0.700. The number of imidazole rings is 1. The first kappa shape index (κ1) is 18.3. The third kappa shape index (κ3) is 3.93. The molecule has 144 valence electrons. The van der Waals surface area contributed by atoms with E-state index in [0.29, 0.717) is 11.5 Å². The monoisotopic (exact) mass is 376 g/mol. The summed E-state index contributed by atoms with van der Waals surface area (Å²) in [6.45, 7) is 3.46. The fourth-order valence-electron chi connectivity index (χ4n) is 3.64. The number of likely N-dealkylation sites (tertiary alicyclic amines) is 1. The maximum Gasteiger partial charge on any atom is 0.255 e. The molecule has 3 aromatic heterocycles. The van der Waals surface area contributed by atoms with Crippen molar-refractivity contribution in [2.75, 3.05) is 13.1 Å². The Kier molecular flexibility index (Phi) is 5.14. The number of nitrogens with zero attached hydrogens (tertiary/aromatic N) is 6. The summed E-state index contributed by atoms with van der Waals surface area (Å²) < 4.78 is 1.94. The van der Waals surface area contributed by atoms with Crippen molar-refractivity contribution in [1.82, 2.24) is 29.4 Å². The summed E-state index contributed by atoms with van der Waals surface area (Å²) >= 11 is 0. The van der Waals surface area contributed by atoms with E-state index < -0.39 is 0 Å². The number of hydrogen-bond acceptors (Lipinski definition) is 5. The number of piperidine rings is 1. The molecule has 1 aliphatic rings. The highest BCUT2D eigenvalue weighted by molar-refractivity contribution is 5.93. The number of aromatic nitrogens is 5. The van der Waals surface area contributed by atoms with Crippen LogP contribution >= 0.6 is 0 Å². The fourth-order valence-corrected chi connectivity index (χ4v) is 3.64. The van der Waals surface area contributed by atoms with Crippen molar-refractivity contribution in [1.29, 1.82) is 0 Å². The molecular weight excluding hydrogens is 352 g/mol. The minimum Gasteiger partial charge on any atom is -0.339 e. The normalized spacial score (nSPS) is 15.0. The molecular formula is C21H24N6O. The maximum atomic E-state index is 12.6. The molecule has 0 bridgehead atoms. The van der Waals surface area contributed by atoms with Gasteiger partial charge in [-0.25, -0.2) is 9.97 Å². The average Bonchev–Trinajstić information content (AvgIpc) is 3.15. The SMILES string of the molecule is Cc1ccc(C(=O)N2CCC(Cc3cncc(-c4cncn4C)n3)CC2)cn1. The van der Waals surface area contributed by atoms with Crippen LogP contribution in [0, 0.1) is 12.8 Å². The molecule has 0 spiro atoms. The van der Waals surface area contributed by atoms with Gasteiger partial charge in [0.25, 0.3) is 5.91 Å². The molecule has 0 saturated carbocycles. The molecule has 1 fully saturated rings. The Morgan fingerprint density at radius 3 is 2.61 bits per heavy atom. The van der Waals surface area contributed by atoms with Gasteiger partial charge >= 0.3 is 0 Å². The molecule has 0 aliphatic carbocycles. The number of pyridine rings is 1. The maximum absolute atomic E-state index is 12.6. The van der Waals surface area contributed by atoms with E-state index in [9.17, 15) is 4.79 Å². The van der Waals surface area contributed by atoms with Crippen molar-refractivity contribution in [3.05, 3.63) is 60.2 Å². The van der Waals surface area contributed by atoms with Crippen molar-refractivity contribution in [3.63, 3.8) is 0 Å². The number of hydrogen-bond donors (Lipinski definition) is 0. The molecule has 28 heavy (non-hydrogen) atoms. The van der Waals surface area contributed by atoms with Gasteiger partial charge in [-0.1, -0.05) is 0 Å². The van der Waals surface area contributed by atoms with Gasteiger partial charge in [-0.15, -0.1) is 0 Å². The van der Waals surface area contributed by atoms with E-state index in [2.05, 4.69) is 15.0 Å². The second kappa shape index (κ2) is 7.88. The Morgan fingerprint density at radius 1 is 1.11 bits per heavy atom. The van der Waals surface area contributed by atoms with E-state index >= 15 is 0 Å². The van der Waals surface area contributed by atoms with Crippen molar-refractivity contribution in [2.45, 2.75) is 26.2 Å². The van der Waals surface area contributed by atoms with Gasteiger partial charge in [-0.3, -0.25) is 14.8 Å². The first-order valence-electron chi connectivity index (χ1n) is 9.59. The number of rotatable bonds is 4. The van der Waals surface area contributed by atoms with E-state index in [1.54, 1.807) is 24.9 Å². The molecule has 3 aromatic rings. The van der Waals surface area contributed by atoms with E-state index in [0.717, 1.165) is 55.1 Å². The van der Waals surface area contributed by atoms with Gasteiger partial charge in [0, 0.05) is 38.2 Å². The van der Waals surface area contributed by atoms with Crippen LogP contribution in [0.5, 0.6) is 0 Å². The predicted octanol–water partition coefficient (Wildman–Crippen LogP) is 2.68. The summed E-state index contributed by atoms with van der Waals surface area (Å²) in [7, 11) is 1.95. The molecule has 0 atom stereocenters. The summed E-state index contributed by atoms with van der Waals surface area (Å²) in [6.07, 6.45) is 11.7. The van der Waals surface area contributed by atoms with Crippen LogP contribution < -0.4 is 0 Å². The van der Waals surface area contributed by atoms with Gasteiger partial charge in [-0.2, -0.15) is 0 Å². The summed E-state index contributed by atoms with van der Waals surface area (Å²) in [5, 5.41) is 0. The zero-order chi connectivity index (χ0) is 19.5. The van der Waals surface area contributed by atoms with Crippen LogP contribution in [0.4, 0.5) is 0 Å². The van der Waals surface area contributed by atoms with Crippen LogP contribution in [-0.2, 0) is 13.5 Å². The molecule has 4 rings (SSSR count). The van der Waals surface area contributed by atoms with E-state index in [1.165, 1.54) is 0 Å². The smallest absolute Gasteiger partial charge is 0.255 e. The first-order chi connectivity index (χ1) is 13.6. The van der Waals surface area contributed by atoms with Crippen molar-refractivity contribution in [3.8, 4) is 11.4 Å². The van der Waals surface area contributed by atoms with Gasteiger partial charge < -0.3 is 9.47 Å². The standard InChI is InChI=1S/C21H24N6O/c1-15-3-4-17(10-24-15)21(28)27-7-5-16(6-8-27)9-18-11-22-12-19(25-18)20-13-23-14-26(20)2/h3-4,10-14,16H,5-9H2,1-2H3. The lowest BCUT2D eigenvalue weighted by Crippen LogP contribution is -2.39. The topological polar surface area (TPSA) is 76.8 Å². The highest BCUT2D eigenvalue weighted by atomic mass is 16.2. The molecule has 0 radical (unpaired) electrons. The molecule has 0 N–H and O–H groups in total. The highest BCUT2D eigenvalue weighted by Crippen LogP contribution is 2.23. The van der Waals surface area contributed by atoms with Gasteiger partial charge in [0.2, 0.25) is 0 Å². The number of carbonyl (C=O) groups excluding carboxylic acids is 1. The second-order valence-electron chi connectivity index (χ2n) is 7.41. The predicted molar refractivity (Wildman–Crippen MR) is 106 cm³/mol. The minimum atomic E-state index is 0.0731. The van der Waals surface area contributed by atoms with Crippen molar-refractivity contribution in [2.24, 2.45) is 13.0 Å². The van der Waals surface area contributed by atoms with Crippen LogP contribution in [0.2, 0.25) is 0 Å². The van der Waals surface area contributed by atoms with Crippen molar-refractivity contribution < 1.29 is 4.79 Å². The van der Waals surface area contributed by atoms with Gasteiger partial charge in [-0.05, 0) is 44.2 Å². The van der Waals surface area contributed by atoms with Crippen LogP contribution in [0.3, 0.4) is 0 Å². The average molecular weight is 376 g/mol. The lowest BCUT2D eigenvalue weighted by molar-refractivity contribution is 0.0690. The summed E-state index contributed by atoms with van der Waals surface area (Å²) in [5.74, 6) is 0.584. The van der Waals surface area contributed by atoms with Crippen LogP contribution in [-0.4, -0.2) is 48.4 Å². The van der Waals surface area contributed by atoms with Crippen LogP contribution in [0.25, 0.3) is 11.4 Å². The second-order valence-corrected chi connectivity index (χ2v) is 7.41. The van der Waals surface area contributed by atoms with E-state index in [-0.39, 0.29) is 5.91 Å². The largest absolute Gasteiger partial charge is 0.339 e. The third-order valence-electron chi connectivity index (χ3n) is 5.32. The Labute approximate surface area is 164 Å². The highest BCUT2D eigenvalue weighted by Gasteiger charge is 2.24. The van der Waals surface area contributed by atoms with Crippen LogP contribution in [0.1, 0.15) is 34.6 Å². The Balaban J connectivity index is 1.36. The number of carbonyl (C=O) groups is 1. The van der Waals surface area contributed by atoms with Crippen LogP contribution in [0.15, 0.2) is 43.2 Å². The number of amides is 1. The number of aryl methyl sites for hydroxylation is 2. The molecule has 4 heterocycles. The molecule has 0 unspecified atom stereocenters. The Bertz CT molecular complexity index is 957. The summed E-state index contributed by atoms with van der Waals surface area (Å²) in [4.78, 5) is 32.1. The molecule has 7 nitrogen and oxygen atoms in total. The fraction of sp³-hybridized carbons (Fsp3) is 0.381. The lowest BCUT2D eigenvalue weighted by atomic mass is 9.92. The molecule has 0 aromatic carbocycles. The van der Waals surface area contributed by atoms with E-state index in [4.69, 9.17) is 4.98 Å². The molecule has 1 amide bonds. The lowest BCUT2D eigenvalue weighted by Gasteiger charge is -2.32. The van der Waals surface area contributed by atoms with Gasteiger partial charge in [0.05, 0.1) is 35.7 Å². The van der Waals surface area contributed by atoms with Crippen molar-refractivity contribution >= 4 is 5.91 Å². The Hall–Kier alpha value is -3.09. The third-order valence-corrected chi connectivity index (χ3v) is 5.32. The van der Waals surface area contributed by atoms with E-state index in [1.807, 2.05) is 41.8 Å². The minimum absolute atomic E-state index is 0.0731. The zero-order valence-electron chi connectivity index (χ0n) is 16.2.